The van der Waals surface area contributed by atoms with Crippen LogP contribution in [0.2, 0.25) is 0 Å². The number of esters is 1. The van der Waals surface area contributed by atoms with Crippen LogP contribution < -0.4 is 0 Å². The van der Waals surface area contributed by atoms with Crippen LogP contribution in [0, 0.1) is 0 Å². The van der Waals surface area contributed by atoms with Gasteiger partial charge in [-0.1, -0.05) is 82.6 Å². The molecule has 0 aromatic rings. The fourth-order valence-corrected chi connectivity index (χ4v) is 3.50. The summed E-state index contributed by atoms with van der Waals surface area (Å²) in [7, 11) is 0. The van der Waals surface area contributed by atoms with Crippen LogP contribution in [0.25, 0.3) is 0 Å². The lowest BCUT2D eigenvalue weighted by molar-refractivity contribution is -0.172. The summed E-state index contributed by atoms with van der Waals surface area (Å²) in [5.74, 6) is -1.78. The zero-order valence-corrected chi connectivity index (χ0v) is 18.3. The normalized spacial score (nSPS) is 19.7. The first-order chi connectivity index (χ1) is 13.5. The third-order valence-corrected chi connectivity index (χ3v) is 5.15. The van der Waals surface area contributed by atoms with Crippen molar-refractivity contribution in [2.75, 3.05) is 0 Å². The lowest BCUT2D eigenvalue weighted by Crippen LogP contribution is -2.22. The van der Waals surface area contributed by atoms with Crippen molar-refractivity contribution >= 4 is 5.97 Å². The maximum Gasteiger partial charge on any atom is 0.336 e. The third kappa shape index (κ3) is 12.9. The van der Waals surface area contributed by atoms with Gasteiger partial charge in [0.2, 0.25) is 5.79 Å². The molecular weight excluding hydrogens is 348 g/mol. The van der Waals surface area contributed by atoms with E-state index in [9.17, 15) is 9.90 Å². The van der Waals surface area contributed by atoms with E-state index in [-0.39, 0.29) is 5.97 Å². The number of ether oxygens (including phenoxy) is 1. The van der Waals surface area contributed by atoms with Crippen molar-refractivity contribution in [2.24, 2.45) is 0 Å². The maximum absolute atomic E-state index is 11.5. The summed E-state index contributed by atoms with van der Waals surface area (Å²) in [6, 6.07) is 0. The molecule has 0 aromatic carbocycles. The second-order valence-corrected chi connectivity index (χ2v) is 8.16. The Bertz CT molecular complexity index is 500. The Balaban J connectivity index is 1.87. The van der Waals surface area contributed by atoms with Crippen LogP contribution in [-0.4, -0.2) is 16.9 Å². The number of rotatable bonds is 17. The van der Waals surface area contributed by atoms with Crippen molar-refractivity contribution in [1.82, 2.24) is 0 Å². The third-order valence-electron chi connectivity index (χ3n) is 5.15. The van der Waals surface area contributed by atoms with Crippen molar-refractivity contribution in [3.05, 3.63) is 36.0 Å². The van der Waals surface area contributed by atoms with E-state index in [2.05, 4.69) is 31.2 Å². The van der Waals surface area contributed by atoms with Gasteiger partial charge in [-0.3, -0.25) is 0 Å². The van der Waals surface area contributed by atoms with Gasteiger partial charge in [0.25, 0.3) is 0 Å². The first-order valence-electron chi connectivity index (χ1n) is 11.5. The van der Waals surface area contributed by atoms with E-state index in [1.165, 1.54) is 70.8 Å². The largest absolute Gasteiger partial charge is 0.426 e. The summed E-state index contributed by atoms with van der Waals surface area (Å²) in [4.78, 5) is 11.5. The smallest absolute Gasteiger partial charge is 0.336 e. The average molecular weight is 391 g/mol. The molecule has 0 fully saturated rings. The quantitative estimate of drug-likeness (QED) is 0.163. The monoisotopic (exact) mass is 390 g/mol. The number of hydrogen-bond acceptors (Lipinski definition) is 3. The number of unbranched alkanes of at least 4 members (excludes halogenated alkanes) is 11. The molecule has 0 saturated heterocycles. The molecule has 0 spiro atoms. The standard InChI is InChI=1S/C25H42O3/c1-3-4-5-6-7-8-9-10-11-12-13-14-15-16-17-18-19-20-21-23-22-25(2,27)28-24(23)26/h12-13,15-16,22,27H,3-11,14,17-21H2,1-2H3. The molecule has 0 radical (unpaired) electrons. The molecule has 1 atom stereocenters. The van der Waals surface area contributed by atoms with Gasteiger partial charge in [-0.25, -0.2) is 4.79 Å². The Morgan fingerprint density at radius 3 is 1.93 bits per heavy atom. The molecule has 3 heteroatoms. The lowest BCUT2D eigenvalue weighted by atomic mass is 10.1. The van der Waals surface area contributed by atoms with E-state index >= 15 is 0 Å². The number of aliphatic hydroxyl groups is 1. The fourth-order valence-electron chi connectivity index (χ4n) is 3.50. The minimum absolute atomic E-state index is 0.372. The number of allylic oxidation sites excluding steroid dienone is 4. The number of hydrogen-bond donors (Lipinski definition) is 1. The van der Waals surface area contributed by atoms with Gasteiger partial charge in [-0.05, 0) is 51.0 Å². The van der Waals surface area contributed by atoms with Crippen LogP contribution in [0.1, 0.15) is 110 Å². The van der Waals surface area contributed by atoms with Crippen molar-refractivity contribution < 1.29 is 14.6 Å². The van der Waals surface area contributed by atoms with Crippen LogP contribution in [0.3, 0.4) is 0 Å². The number of carbonyl (C=O) groups excluding carboxylic acids is 1. The summed E-state index contributed by atoms with van der Waals surface area (Å²) in [5, 5.41) is 9.65. The Morgan fingerprint density at radius 1 is 0.857 bits per heavy atom. The van der Waals surface area contributed by atoms with E-state index in [4.69, 9.17) is 4.74 Å². The Kier molecular flexibility index (Phi) is 13.7. The molecule has 0 saturated carbocycles. The van der Waals surface area contributed by atoms with Crippen molar-refractivity contribution in [1.29, 1.82) is 0 Å². The molecule has 1 aliphatic rings. The lowest BCUT2D eigenvalue weighted by Gasteiger charge is -2.11. The van der Waals surface area contributed by atoms with E-state index in [0.29, 0.717) is 12.0 Å². The highest BCUT2D eigenvalue weighted by atomic mass is 16.7. The molecule has 1 aliphatic heterocycles. The molecule has 0 bridgehead atoms. The van der Waals surface area contributed by atoms with Gasteiger partial charge in [0.1, 0.15) is 0 Å². The molecule has 0 aliphatic carbocycles. The van der Waals surface area contributed by atoms with Gasteiger partial charge in [0.05, 0.1) is 0 Å². The van der Waals surface area contributed by atoms with Crippen LogP contribution in [0.4, 0.5) is 0 Å². The van der Waals surface area contributed by atoms with E-state index in [0.717, 1.165) is 32.1 Å². The van der Waals surface area contributed by atoms with Crippen molar-refractivity contribution in [3.8, 4) is 0 Å². The second-order valence-electron chi connectivity index (χ2n) is 8.16. The predicted molar refractivity (Wildman–Crippen MR) is 118 cm³/mol. The molecular formula is C25H42O3. The zero-order chi connectivity index (χ0) is 20.5. The highest BCUT2D eigenvalue weighted by molar-refractivity contribution is 5.91. The molecule has 1 heterocycles. The van der Waals surface area contributed by atoms with E-state index in [1.807, 2.05) is 0 Å². The first-order valence-corrected chi connectivity index (χ1v) is 11.5. The minimum atomic E-state index is -1.41. The molecule has 28 heavy (non-hydrogen) atoms. The molecule has 0 amide bonds. The van der Waals surface area contributed by atoms with Gasteiger partial charge in [0, 0.05) is 12.5 Å². The van der Waals surface area contributed by atoms with Gasteiger partial charge in [-0.15, -0.1) is 0 Å². The van der Waals surface area contributed by atoms with Crippen LogP contribution >= 0.6 is 0 Å². The van der Waals surface area contributed by atoms with Gasteiger partial charge < -0.3 is 9.84 Å². The summed E-state index contributed by atoms with van der Waals surface area (Å²) in [5.41, 5.74) is 0.613. The van der Waals surface area contributed by atoms with Crippen molar-refractivity contribution in [2.45, 2.75) is 116 Å². The van der Waals surface area contributed by atoms with Crippen LogP contribution in [0.5, 0.6) is 0 Å². The highest BCUT2D eigenvalue weighted by Crippen LogP contribution is 2.25. The van der Waals surface area contributed by atoms with Crippen LogP contribution in [0.15, 0.2) is 36.0 Å². The summed E-state index contributed by atoms with van der Waals surface area (Å²) < 4.78 is 4.86. The molecule has 1 N–H and O–H groups in total. The topological polar surface area (TPSA) is 46.5 Å². The molecule has 3 nitrogen and oxygen atoms in total. The molecule has 1 rings (SSSR count). The minimum Gasteiger partial charge on any atom is -0.426 e. The zero-order valence-electron chi connectivity index (χ0n) is 18.3. The maximum atomic E-state index is 11.5. The molecule has 0 aromatic heterocycles. The number of cyclic esters (lactones) is 1. The first kappa shape index (κ1) is 24.7. The predicted octanol–water partition coefficient (Wildman–Crippen LogP) is 7.16. The van der Waals surface area contributed by atoms with E-state index < -0.39 is 5.79 Å². The average Bonchev–Trinajstić information content (AvgIpc) is 2.92. The van der Waals surface area contributed by atoms with Gasteiger partial charge in [-0.2, -0.15) is 0 Å². The van der Waals surface area contributed by atoms with E-state index in [1.54, 1.807) is 0 Å². The Hall–Kier alpha value is -1.35. The fraction of sp³-hybridized carbons (Fsp3) is 0.720. The Labute approximate surface area is 172 Å². The Morgan fingerprint density at radius 2 is 1.39 bits per heavy atom. The van der Waals surface area contributed by atoms with Crippen LogP contribution in [-0.2, 0) is 9.53 Å². The summed E-state index contributed by atoms with van der Waals surface area (Å²) in [6.45, 7) is 3.76. The summed E-state index contributed by atoms with van der Waals surface area (Å²) >= 11 is 0. The summed E-state index contributed by atoms with van der Waals surface area (Å²) in [6.07, 6.45) is 28.9. The SMILES string of the molecule is CCCCCCCCCCC=CCC=CCCCCCC1=CC(C)(O)OC1=O. The van der Waals surface area contributed by atoms with Gasteiger partial charge in [0.15, 0.2) is 0 Å². The van der Waals surface area contributed by atoms with Gasteiger partial charge >= 0.3 is 5.97 Å². The van der Waals surface area contributed by atoms with Crippen molar-refractivity contribution in [3.63, 3.8) is 0 Å². The molecule has 160 valence electrons. The molecule has 1 unspecified atom stereocenters. The second kappa shape index (κ2) is 15.6. The highest BCUT2D eigenvalue weighted by Gasteiger charge is 2.32. The number of carbonyl (C=O) groups is 1.